The first-order valence-corrected chi connectivity index (χ1v) is 13.2. The maximum Gasteiger partial charge on any atom is 0.153 e. The van der Waals surface area contributed by atoms with Crippen LogP contribution in [0.5, 0.6) is 0 Å². The third kappa shape index (κ3) is 2.59. The number of aliphatic hydroxyl groups excluding tert-OH is 2. The van der Waals surface area contributed by atoms with Gasteiger partial charge in [-0.25, -0.2) is 0 Å². The Balaban J connectivity index is 1.33. The number of aromatic amines is 1. The molecule has 2 fully saturated rings. The van der Waals surface area contributed by atoms with Crippen LogP contribution in [0, 0.1) is 17.3 Å². The highest BCUT2D eigenvalue weighted by atomic mass is 16.5. The number of nitrogens with two attached hydrogens (primary N) is 1. The molecule has 1 aromatic carbocycles. The van der Waals surface area contributed by atoms with Gasteiger partial charge in [-0.05, 0) is 80.1 Å². The van der Waals surface area contributed by atoms with E-state index in [1.165, 1.54) is 16.7 Å². The molecule has 2 bridgehead atoms. The van der Waals surface area contributed by atoms with Gasteiger partial charge in [-0.2, -0.15) is 5.10 Å². The third-order valence-corrected chi connectivity index (χ3v) is 10.5. The van der Waals surface area contributed by atoms with E-state index >= 15 is 0 Å². The zero-order valence-electron chi connectivity index (χ0n) is 21.5. The number of aliphatic hydroxyl groups is 2. The number of allylic oxidation sites excluding steroid dienone is 3. The number of fused-ring (bicyclic) bond motifs is 2. The van der Waals surface area contributed by atoms with Gasteiger partial charge in [0.25, 0.3) is 0 Å². The Hall–Kier alpha value is -2.45. The highest BCUT2D eigenvalue weighted by Crippen LogP contribution is 2.69. The van der Waals surface area contributed by atoms with Gasteiger partial charge in [0.2, 0.25) is 0 Å². The normalized spacial score (nSPS) is 43.1. The number of aromatic nitrogens is 2. The van der Waals surface area contributed by atoms with E-state index in [0.717, 1.165) is 35.7 Å². The first-order chi connectivity index (χ1) is 17.1. The molecule has 36 heavy (non-hydrogen) atoms. The Kier molecular flexibility index (Phi) is 4.48. The summed E-state index contributed by atoms with van der Waals surface area (Å²) >= 11 is 0. The molecule has 7 heteroatoms. The van der Waals surface area contributed by atoms with Crippen LogP contribution >= 0.6 is 0 Å². The Labute approximate surface area is 211 Å². The van der Waals surface area contributed by atoms with E-state index in [0.29, 0.717) is 18.2 Å². The topological polar surface area (TPSA) is 108 Å². The van der Waals surface area contributed by atoms with Crippen molar-refractivity contribution in [2.45, 2.75) is 69.0 Å². The van der Waals surface area contributed by atoms with Gasteiger partial charge in [-0.3, -0.25) is 5.10 Å². The molecule has 2 unspecified atom stereocenters. The number of ether oxygens (including phenoxy) is 1. The van der Waals surface area contributed by atoms with Crippen LogP contribution in [0.3, 0.4) is 0 Å². The smallest absolute Gasteiger partial charge is 0.153 e. The van der Waals surface area contributed by atoms with E-state index in [-0.39, 0.29) is 23.0 Å². The first kappa shape index (κ1) is 22.7. The number of anilines is 1. The van der Waals surface area contributed by atoms with Crippen molar-refractivity contribution in [3.8, 4) is 0 Å². The summed E-state index contributed by atoms with van der Waals surface area (Å²) in [5.74, 6) is 1.12. The maximum absolute atomic E-state index is 11.2. The SMILES string of the molecule is CC1C=C2C=C3[C@@H](O)[C@H](O)[C@@H](N(C)C)C[C@]34CC[C@]2(O4)C2CC=C(c3ccc4c(N)n[nH]c4c3)[C@@]12C. The summed E-state index contributed by atoms with van der Waals surface area (Å²) in [5, 5.41) is 30.3. The molecule has 3 heterocycles. The highest BCUT2D eigenvalue weighted by Gasteiger charge is 2.68. The molecule has 1 aromatic heterocycles. The van der Waals surface area contributed by atoms with E-state index < -0.39 is 17.8 Å². The second-order valence-corrected chi connectivity index (χ2v) is 12.2. The number of H-pyrrole nitrogens is 1. The number of hydrogen-bond donors (Lipinski definition) is 4. The molecule has 7 nitrogen and oxygen atoms in total. The van der Waals surface area contributed by atoms with Crippen LogP contribution in [0.15, 0.2) is 47.6 Å². The number of likely N-dealkylation sites (N-methyl/N-ethyl adjacent to an activating group) is 1. The number of hydrogen-bond acceptors (Lipinski definition) is 6. The van der Waals surface area contributed by atoms with Gasteiger partial charge in [-0.15, -0.1) is 0 Å². The van der Waals surface area contributed by atoms with E-state index in [9.17, 15) is 10.2 Å². The maximum atomic E-state index is 11.2. The van der Waals surface area contributed by atoms with Crippen molar-refractivity contribution in [2.24, 2.45) is 17.3 Å². The monoisotopic (exact) mass is 488 g/mol. The van der Waals surface area contributed by atoms with E-state index in [1.54, 1.807) is 0 Å². The molecule has 2 aromatic rings. The number of nitrogens with zero attached hydrogens (tertiary/aromatic N) is 2. The second kappa shape index (κ2) is 7.10. The molecular weight excluding hydrogens is 452 g/mol. The lowest BCUT2D eigenvalue weighted by molar-refractivity contribution is -0.165. The number of rotatable bonds is 2. The first-order valence-electron chi connectivity index (χ1n) is 13.2. The van der Waals surface area contributed by atoms with Crippen molar-refractivity contribution < 1.29 is 14.9 Å². The zero-order chi connectivity index (χ0) is 25.2. The van der Waals surface area contributed by atoms with Crippen molar-refractivity contribution in [3.05, 3.63) is 53.1 Å². The lowest BCUT2D eigenvalue weighted by Crippen LogP contribution is -2.62. The molecular formula is C29H36N4O3. The van der Waals surface area contributed by atoms with E-state index in [1.807, 2.05) is 19.0 Å². The van der Waals surface area contributed by atoms with Crippen LogP contribution < -0.4 is 5.73 Å². The van der Waals surface area contributed by atoms with Gasteiger partial charge in [0, 0.05) is 22.8 Å². The van der Waals surface area contributed by atoms with Crippen LogP contribution in [-0.4, -0.2) is 68.9 Å². The minimum atomic E-state index is -0.905. The van der Waals surface area contributed by atoms with Crippen molar-refractivity contribution in [3.63, 3.8) is 0 Å². The minimum Gasteiger partial charge on any atom is -0.388 e. The predicted molar refractivity (Wildman–Crippen MR) is 140 cm³/mol. The highest BCUT2D eigenvalue weighted by molar-refractivity contribution is 5.91. The van der Waals surface area contributed by atoms with Gasteiger partial charge < -0.3 is 25.6 Å². The Bertz CT molecular complexity index is 1370. The minimum absolute atomic E-state index is 0.0899. The fourth-order valence-electron chi connectivity index (χ4n) is 8.46. The van der Waals surface area contributed by atoms with Crippen LogP contribution in [-0.2, 0) is 4.74 Å². The molecule has 7 rings (SSSR count). The molecule has 5 aliphatic rings. The van der Waals surface area contributed by atoms with E-state index in [4.69, 9.17) is 10.5 Å². The van der Waals surface area contributed by atoms with Crippen molar-refractivity contribution in [1.29, 1.82) is 0 Å². The Morgan fingerprint density at radius 1 is 1.22 bits per heavy atom. The lowest BCUT2D eigenvalue weighted by Gasteiger charge is -2.57. The third-order valence-electron chi connectivity index (χ3n) is 10.5. The summed E-state index contributed by atoms with van der Waals surface area (Å²) in [7, 11) is 3.95. The molecule has 190 valence electrons. The summed E-state index contributed by atoms with van der Waals surface area (Å²) in [6.45, 7) is 4.71. The summed E-state index contributed by atoms with van der Waals surface area (Å²) in [4.78, 5) is 2.03. The van der Waals surface area contributed by atoms with Gasteiger partial charge >= 0.3 is 0 Å². The number of nitrogens with one attached hydrogen (secondary N) is 1. The van der Waals surface area contributed by atoms with Crippen LogP contribution in [0.25, 0.3) is 16.5 Å². The number of nitrogen functional groups attached to an aromatic ring is 1. The molecule has 2 spiro atoms. The quantitative estimate of drug-likeness (QED) is 0.516. The zero-order valence-corrected chi connectivity index (χ0v) is 21.5. The summed E-state index contributed by atoms with van der Waals surface area (Å²) in [6.07, 6.45) is 8.75. The average Bonchev–Trinajstić information content (AvgIpc) is 3.50. The molecule has 1 saturated heterocycles. The van der Waals surface area contributed by atoms with Crippen LogP contribution in [0.2, 0.25) is 0 Å². The van der Waals surface area contributed by atoms with Gasteiger partial charge in [0.1, 0.15) is 6.10 Å². The van der Waals surface area contributed by atoms with Gasteiger partial charge in [-0.1, -0.05) is 38.1 Å². The molecule has 3 aliphatic carbocycles. The van der Waals surface area contributed by atoms with Crippen molar-refractivity contribution >= 4 is 22.3 Å². The fraction of sp³-hybridized carbons (Fsp3) is 0.552. The summed E-state index contributed by atoms with van der Waals surface area (Å²) in [6, 6.07) is 6.28. The standard InChI is InChI=1S/C29H36N4O3/c1-15-11-17-13-20-24(34)25(35)22(33(3)4)14-28(20)9-10-29(17,36-28)23-8-7-19(27(15,23)2)16-5-6-18-21(12-16)31-32-26(18)30/h5-7,11-13,15,22-25,34-35H,8-10,14H2,1-4H3,(H3,30,31,32)/t15?,22-,23?,24+,25+,27+,28+,29+/m0/s1. The van der Waals surface area contributed by atoms with E-state index in [2.05, 4.69) is 60.5 Å². The van der Waals surface area contributed by atoms with Crippen molar-refractivity contribution in [2.75, 3.05) is 19.8 Å². The van der Waals surface area contributed by atoms with Gasteiger partial charge in [0.15, 0.2) is 5.82 Å². The number of benzene rings is 1. The average molecular weight is 489 g/mol. The fourth-order valence-corrected chi connectivity index (χ4v) is 8.46. The Morgan fingerprint density at radius 3 is 2.81 bits per heavy atom. The van der Waals surface area contributed by atoms with Gasteiger partial charge in [0.05, 0.1) is 22.8 Å². The predicted octanol–water partition coefficient (Wildman–Crippen LogP) is 3.41. The summed E-state index contributed by atoms with van der Waals surface area (Å²) in [5.41, 5.74) is 10.7. The largest absolute Gasteiger partial charge is 0.388 e. The second-order valence-electron chi connectivity index (χ2n) is 12.2. The molecule has 8 atom stereocenters. The van der Waals surface area contributed by atoms with Crippen LogP contribution in [0.1, 0.15) is 45.1 Å². The molecule has 1 saturated carbocycles. The Morgan fingerprint density at radius 2 is 2.03 bits per heavy atom. The molecule has 0 amide bonds. The molecule has 5 N–H and O–H groups in total. The van der Waals surface area contributed by atoms with Crippen LogP contribution in [0.4, 0.5) is 5.82 Å². The molecule has 2 aliphatic heterocycles. The molecule has 0 radical (unpaired) electrons. The lowest BCUT2D eigenvalue weighted by atomic mass is 9.54. The van der Waals surface area contributed by atoms with Crippen molar-refractivity contribution in [1.82, 2.24) is 15.1 Å². The summed E-state index contributed by atoms with van der Waals surface area (Å²) < 4.78 is 7.26.